The van der Waals surface area contributed by atoms with Crippen molar-refractivity contribution in [3.8, 4) is 0 Å². The first-order valence-electron chi connectivity index (χ1n) is 13.6. The van der Waals surface area contributed by atoms with Crippen LogP contribution in [0, 0.1) is 29.1 Å². The van der Waals surface area contributed by atoms with E-state index in [0.29, 0.717) is 18.4 Å². The fourth-order valence-corrected chi connectivity index (χ4v) is 5.38. The normalized spacial score (nSPS) is 27.4. The summed E-state index contributed by atoms with van der Waals surface area (Å²) in [6.45, 7) is 16.7. The van der Waals surface area contributed by atoms with Crippen molar-refractivity contribution in [2.75, 3.05) is 6.54 Å². The zero-order valence-corrected chi connectivity index (χ0v) is 24.7. The van der Waals surface area contributed by atoms with Crippen LogP contribution < -0.4 is 5.32 Å². The summed E-state index contributed by atoms with van der Waals surface area (Å²) in [4.78, 5) is 29.3. The number of hydrogen-bond donors (Lipinski definition) is 2. The van der Waals surface area contributed by atoms with Gasteiger partial charge in [0.25, 0.3) is 0 Å². The Morgan fingerprint density at radius 3 is 2.58 bits per heavy atom. The summed E-state index contributed by atoms with van der Waals surface area (Å²) in [5.41, 5.74) is 0.192. The first-order valence-corrected chi connectivity index (χ1v) is 14.5. The molecule has 2 heterocycles. The molecule has 3 unspecified atom stereocenters. The van der Waals surface area contributed by atoms with Crippen molar-refractivity contribution in [3.63, 3.8) is 0 Å². The second-order valence-corrected chi connectivity index (χ2v) is 12.4. The van der Waals surface area contributed by atoms with E-state index in [9.17, 15) is 14.7 Å². The molecule has 5 nitrogen and oxygen atoms in total. The number of Topliss-reactive ketones (excluding diaryl/α,β-unsaturated/α-hetero) is 1. The summed E-state index contributed by atoms with van der Waals surface area (Å²) in [6.07, 6.45) is 12.6. The Kier molecular flexibility index (Phi) is 14.4. The highest BCUT2D eigenvalue weighted by molar-refractivity contribution is 7.09. The van der Waals surface area contributed by atoms with E-state index in [2.05, 4.69) is 55.5 Å². The molecule has 0 aromatic carbocycles. The van der Waals surface area contributed by atoms with Crippen molar-refractivity contribution in [1.29, 1.82) is 0 Å². The number of aliphatic hydroxyl groups excluding tert-OH is 1. The smallest absolute Gasteiger partial charge is 0.222 e. The Morgan fingerprint density at radius 1 is 1.25 bits per heavy atom. The number of ketones is 1. The van der Waals surface area contributed by atoms with Crippen molar-refractivity contribution >= 4 is 29.1 Å². The molecule has 0 aliphatic carbocycles. The summed E-state index contributed by atoms with van der Waals surface area (Å²) < 4.78 is 0. The van der Waals surface area contributed by atoms with E-state index >= 15 is 0 Å². The number of aliphatic hydroxyl groups is 1. The van der Waals surface area contributed by atoms with Gasteiger partial charge in [-0.05, 0) is 50.0 Å². The van der Waals surface area contributed by atoms with Crippen LogP contribution in [-0.4, -0.2) is 34.4 Å². The lowest BCUT2D eigenvalue weighted by molar-refractivity contribution is -0.139. The average molecular weight is 519 g/mol. The van der Waals surface area contributed by atoms with Gasteiger partial charge in [-0.3, -0.25) is 9.59 Å². The number of allylic oxidation sites excluding steroid dienone is 2. The molecule has 0 saturated heterocycles. The molecule has 1 aliphatic rings. The van der Waals surface area contributed by atoms with Gasteiger partial charge < -0.3 is 10.4 Å². The molecule has 0 saturated carbocycles. The van der Waals surface area contributed by atoms with Crippen LogP contribution in [0.15, 0.2) is 23.6 Å². The van der Waals surface area contributed by atoms with E-state index in [-0.39, 0.29) is 29.9 Å². The van der Waals surface area contributed by atoms with Crippen LogP contribution in [-0.2, 0) is 16.0 Å². The maximum Gasteiger partial charge on any atom is 0.222 e. The number of nitrogens with zero attached hydrogens (tertiary/aromatic N) is 1. The molecule has 4 atom stereocenters. The number of nitrogens with one attached hydrogen (secondary N) is 1. The Bertz CT molecular complexity index is 856. The van der Waals surface area contributed by atoms with Gasteiger partial charge in [-0.1, -0.05) is 73.1 Å². The molecule has 1 aliphatic heterocycles. The van der Waals surface area contributed by atoms with Crippen molar-refractivity contribution in [2.45, 2.75) is 100 Å². The minimum atomic E-state index is -0.957. The average Bonchev–Trinajstić information content (AvgIpc) is 3.23. The lowest BCUT2D eigenvalue weighted by Gasteiger charge is -2.32. The van der Waals surface area contributed by atoms with Gasteiger partial charge in [0.15, 0.2) is 0 Å². The first kappa shape index (κ1) is 32.2. The van der Waals surface area contributed by atoms with Crippen LogP contribution >= 0.6 is 11.3 Å². The van der Waals surface area contributed by atoms with E-state index in [0.717, 1.165) is 37.8 Å². The maximum atomic E-state index is 12.8. The molecule has 0 fully saturated rings. The molecule has 0 radical (unpaired) electrons. The maximum absolute atomic E-state index is 12.8. The molecule has 36 heavy (non-hydrogen) atoms. The van der Waals surface area contributed by atoms with Crippen LogP contribution in [0.4, 0.5) is 0 Å². The molecular weight excluding hydrogens is 468 g/mol. The number of thiazole rings is 1. The topological polar surface area (TPSA) is 79.3 Å². The molecule has 1 aromatic rings. The summed E-state index contributed by atoms with van der Waals surface area (Å²) in [5.74, 6) is 1.21. The Labute approximate surface area is 223 Å². The Balaban J connectivity index is 0.000000450. The number of aromatic nitrogens is 1. The minimum Gasteiger partial charge on any atom is -0.392 e. The lowest BCUT2D eigenvalue weighted by Crippen LogP contribution is -2.43. The van der Waals surface area contributed by atoms with Gasteiger partial charge in [-0.2, -0.15) is 0 Å². The van der Waals surface area contributed by atoms with E-state index in [1.807, 2.05) is 26.0 Å². The van der Waals surface area contributed by atoms with Gasteiger partial charge in [-0.15, -0.1) is 11.3 Å². The quantitative estimate of drug-likeness (QED) is 0.428. The highest BCUT2D eigenvalue weighted by atomic mass is 32.1. The van der Waals surface area contributed by atoms with Crippen LogP contribution in [0.3, 0.4) is 0 Å². The summed E-state index contributed by atoms with van der Waals surface area (Å²) in [5, 5.41) is 16.7. The van der Waals surface area contributed by atoms with Crippen molar-refractivity contribution in [3.05, 3.63) is 34.3 Å². The first-order chi connectivity index (χ1) is 16.9. The third kappa shape index (κ3) is 12.0. The largest absolute Gasteiger partial charge is 0.392 e. The van der Waals surface area contributed by atoms with Gasteiger partial charge in [0.2, 0.25) is 5.91 Å². The van der Waals surface area contributed by atoms with Crippen molar-refractivity contribution < 1.29 is 14.7 Å². The van der Waals surface area contributed by atoms with Crippen LogP contribution in [0.5, 0.6) is 0 Å². The third-order valence-corrected chi connectivity index (χ3v) is 7.58. The van der Waals surface area contributed by atoms with Gasteiger partial charge in [-0.25, -0.2) is 4.98 Å². The van der Waals surface area contributed by atoms with Gasteiger partial charge >= 0.3 is 0 Å². The summed E-state index contributed by atoms with van der Waals surface area (Å²) in [7, 11) is 0. The Hall–Kier alpha value is -1.79. The predicted molar refractivity (Wildman–Crippen MR) is 153 cm³/mol. The second-order valence-electron chi connectivity index (χ2n) is 11.5. The second kappa shape index (κ2) is 16.1. The number of hydrogen-bond acceptors (Lipinski definition) is 5. The van der Waals surface area contributed by atoms with Gasteiger partial charge in [0.05, 0.1) is 28.6 Å². The molecule has 204 valence electrons. The van der Waals surface area contributed by atoms with Crippen molar-refractivity contribution in [2.24, 2.45) is 29.1 Å². The van der Waals surface area contributed by atoms with Crippen LogP contribution in [0.1, 0.15) is 98.2 Å². The van der Waals surface area contributed by atoms with Gasteiger partial charge in [0.1, 0.15) is 5.78 Å². The summed E-state index contributed by atoms with van der Waals surface area (Å²) in [6, 6.07) is 0. The standard InChI is InChI=1S/C20H35NO3.C10H15NS/c1-14-9-7-6-8-10-15(2)13-21-18(23)12-17(22)20(4,5)19(24)16(3)11-14;1-4-5-9-7-12-10(11-9)6-8(2)3/h8,10,14-17,22H,6-7,9,11-13H2,1-5H3,(H,21,23);4-5,7-8H,6H2,1-3H3/b10-8-;5-4-/t14?,15-,16?,17?;/m0./s1. The van der Waals surface area contributed by atoms with Crippen molar-refractivity contribution in [1.82, 2.24) is 10.3 Å². The molecule has 2 N–H and O–H groups in total. The molecule has 0 spiro atoms. The third-order valence-electron chi connectivity index (χ3n) is 6.69. The van der Waals surface area contributed by atoms with E-state index in [4.69, 9.17) is 0 Å². The molecule has 1 aromatic heterocycles. The number of amides is 1. The van der Waals surface area contributed by atoms with E-state index < -0.39 is 11.5 Å². The fraction of sp³-hybridized carbons (Fsp3) is 0.700. The zero-order valence-electron chi connectivity index (χ0n) is 23.8. The van der Waals surface area contributed by atoms with Crippen LogP contribution in [0.25, 0.3) is 6.08 Å². The molecule has 0 bridgehead atoms. The zero-order chi connectivity index (χ0) is 27.3. The fourth-order valence-electron chi connectivity index (χ4n) is 4.40. The number of carbonyl (C=O) groups is 2. The Morgan fingerprint density at radius 2 is 1.94 bits per heavy atom. The van der Waals surface area contributed by atoms with Crippen LogP contribution in [0.2, 0.25) is 0 Å². The monoisotopic (exact) mass is 518 g/mol. The SMILES string of the molecule is C/C=C\c1csc(CC(C)C)n1.CC1CCC/C=C\[C@H](C)CNC(=O)CC(O)C(C)(C)C(=O)C(C)C1. The van der Waals surface area contributed by atoms with E-state index in [1.165, 1.54) is 5.01 Å². The number of carbonyl (C=O) groups excluding carboxylic acids is 2. The van der Waals surface area contributed by atoms with Gasteiger partial charge in [0, 0.05) is 24.3 Å². The number of rotatable bonds is 3. The predicted octanol–water partition coefficient (Wildman–Crippen LogP) is 6.86. The lowest BCUT2D eigenvalue weighted by atomic mass is 9.74. The molecular formula is C30H50N2O3S. The minimum absolute atomic E-state index is 0.0303. The highest BCUT2D eigenvalue weighted by Crippen LogP contribution is 2.31. The van der Waals surface area contributed by atoms with E-state index in [1.54, 1.807) is 25.2 Å². The molecule has 2 rings (SSSR count). The highest BCUT2D eigenvalue weighted by Gasteiger charge is 2.39. The molecule has 1 amide bonds. The molecule has 6 heteroatoms. The summed E-state index contributed by atoms with van der Waals surface area (Å²) >= 11 is 1.76.